The number of amides is 1. The first-order chi connectivity index (χ1) is 15.6. The third kappa shape index (κ3) is 3.93. The van der Waals surface area contributed by atoms with Crippen molar-refractivity contribution >= 4 is 22.8 Å². The summed E-state index contributed by atoms with van der Waals surface area (Å²) in [6.07, 6.45) is 6.85. The lowest BCUT2D eigenvalue weighted by molar-refractivity contribution is -0.131. The summed E-state index contributed by atoms with van der Waals surface area (Å²) in [4.78, 5) is 31.7. The zero-order chi connectivity index (χ0) is 22.1. The highest BCUT2D eigenvalue weighted by molar-refractivity contribution is 5.82. The Balaban J connectivity index is 1.30. The molecule has 0 radical (unpaired) electrons. The number of nitrogens with two attached hydrogens (primary N) is 1. The average Bonchev–Trinajstić information content (AvgIpc) is 3.56. The largest absolute Gasteiger partial charge is 0.379 e. The molecule has 2 saturated heterocycles. The molecule has 11 nitrogen and oxygen atoms in total. The molecule has 0 bridgehead atoms. The lowest BCUT2D eigenvalue weighted by Gasteiger charge is -2.39. The van der Waals surface area contributed by atoms with E-state index >= 15 is 0 Å². The zero-order valence-electron chi connectivity index (χ0n) is 18.3. The first-order valence-electron chi connectivity index (χ1n) is 11.3. The van der Waals surface area contributed by atoms with Crippen LogP contribution in [0.2, 0.25) is 0 Å². The van der Waals surface area contributed by atoms with Gasteiger partial charge in [0.25, 0.3) is 0 Å². The van der Waals surface area contributed by atoms with Gasteiger partial charge in [-0.15, -0.1) is 0 Å². The van der Waals surface area contributed by atoms with E-state index in [9.17, 15) is 4.79 Å². The first kappa shape index (κ1) is 20.8. The summed E-state index contributed by atoms with van der Waals surface area (Å²) < 4.78 is 4.72. The number of rotatable bonds is 6. The normalized spacial score (nSPS) is 19.1. The van der Waals surface area contributed by atoms with Crippen LogP contribution in [0.1, 0.15) is 37.8 Å². The van der Waals surface area contributed by atoms with Gasteiger partial charge in [-0.2, -0.15) is 0 Å². The molecule has 0 aliphatic carbocycles. The second-order valence-electron chi connectivity index (χ2n) is 8.53. The van der Waals surface area contributed by atoms with Gasteiger partial charge in [0, 0.05) is 57.1 Å². The molecule has 1 amide bonds. The highest BCUT2D eigenvalue weighted by Crippen LogP contribution is 2.31. The summed E-state index contributed by atoms with van der Waals surface area (Å²) in [5, 5.41) is 7.49. The molecule has 2 aliphatic rings. The monoisotopic (exact) mass is 439 g/mol. The van der Waals surface area contributed by atoms with Gasteiger partial charge in [0.05, 0.1) is 23.8 Å². The Kier molecular flexibility index (Phi) is 5.75. The quantitative estimate of drug-likeness (QED) is 0.582. The Morgan fingerprint density at radius 2 is 1.94 bits per heavy atom. The zero-order valence-corrected chi connectivity index (χ0v) is 18.3. The number of hydrogen-bond acceptors (Lipinski definition) is 9. The Bertz CT molecular complexity index is 1080. The standard InChI is InChI=1S/C21H29N9O2/c1-2-16(29-9-7-28(8-10-29)13-17(31)30-5-3-4-6-30)14-11-23-12-15-18(14)25-21(24-15)19-20(22)27-32-26-19/h11-12,16H,2-10,13H2,1H3,(H2,22,27)(H,24,25). The van der Waals surface area contributed by atoms with Gasteiger partial charge in [-0.3, -0.25) is 19.6 Å². The maximum Gasteiger partial charge on any atom is 0.236 e. The van der Waals surface area contributed by atoms with E-state index in [1.54, 1.807) is 6.20 Å². The molecule has 170 valence electrons. The van der Waals surface area contributed by atoms with Crippen LogP contribution < -0.4 is 5.73 Å². The Labute approximate surface area is 185 Å². The molecular formula is C21H29N9O2. The number of fused-ring (bicyclic) bond motifs is 1. The summed E-state index contributed by atoms with van der Waals surface area (Å²) >= 11 is 0. The van der Waals surface area contributed by atoms with Crippen molar-refractivity contribution in [2.24, 2.45) is 0 Å². The topological polar surface area (TPSA) is 133 Å². The van der Waals surface area contributed by atoms with E-state index in [1.165, 1.54) is 0 Å². The molecule has 1 unspecified atom stereocenters. The van der Waals surface area contributed by atoms with Gasteiger partial charge in [0.2, 0.25) is 5.91 Å². The van der Waals surface area contributed by atoms with Crippen molar-refractivity contribution < 1.29 is 9.42 Å². The molecule has 3 N–H and O–H groups in total. The fourth-order valence-electron chi connectivity index (χ4n) is 4.83. The van der Waals surface area contributed by atoms with Gasteiger partial charge < -0.3 is 15.6 Å². The third-order valence-electron chi connectivity index (χ3n) is 6.57. The molecule has 3 aromatic rings. The molecule has 0 aromatic carbocycles. The molecule has 1 atom stereocenters. The molecule has 5 heterocycles. The molecule has 2 aliphatic heterocycles. The number of aromatic nitrogens is 5. The summed E-state index contributed by atoms with van der Waals surface area (Å²) in [6.45, 7) is 8.10. The number of pyridine rings is 1. The number of hydrogen-bond donors (Lipinski definition) is 2. The molecular weight excluding hydrogens is 410 g/mol. The number of likely N-dealkylation sites (tertiary alicyclic amines) is 1. The van der Waals surface area contributed by atoms with E-state index in [2.05, 4.69) is 37.0 Å². The minimum atomic E-state index is 0.187. The molecule has 32 heavy (non-hydrogen) atoms. The number of aromatic amines is 1. The second-order valence-corrected chi connectivity index (χ2v) is 8.53. The number of imidazole rings is 1. The van der Waals surface area contributed by atoms with Crippen LogP contribution in [0.25, 0.3) is 22.6 Å². The third-order valence-corrected chi connectivity index (χ3v) is 6.57. The molecule has 0 spiro atoms. The highest BCUT2D eigenvalue weighted by Gasteiger charge is 2.28. The van der Waals surface area contributed by atoms with Gasteiger partial charge in [-0.1, -0.05) is 6.92 Å². The van der Waals surface area contributed by atoms with E-state index in [4.69, 9.17) is 15.3 Å². The number of nitrogen functional groups attached to an aromatic ring is 1. The van der Waals surface area contributed by atoms with Crippen LogP contribution in [0.3, 0.4) is 0 Å². The van der Waals surface area contributed by atoms with Gasteiger partial charge >= 0.3 is 0 Å². The SMILES string of the molecule is CCC(c1cncc2[nH]c(-c3nonc3N)nc12)N1CCN(CC(=O)N2CCCC2)CC1. The van der Waals surface area contributed by atoms with Crippen molar-refractivity contribution in [2.75, 3.05) is 51.5 Å². The van der Waals surface area contributed by atoms with Crippen LogP contribution in [-0.4, -0.2) is 91.7 Å². The van der Waals surface area contributed by atoms with Gasteiger partial charge in [0.1, 0.15) is 0 Å². The van der Waals surface area contributed by atoms with Gasteiger partial charge in [0.15, 0.2) is 17.3 Å². The van der Waals surface area contributed by atoms with Crippen LogP contribution in [0.15, 0.2) is 17.0 Å². The predicted molar refractivity (Wildman–Crippen MR) is 118 cm³/mol. The van der Waals surface area contributed by atoms with Crippen LogP contribution >= 0.6 is 0 Å². The number of carbonyl (C=O) groups is 1. The molecule has 3 aromatic heterocycles. The minimum Gasteiger partial charge on any atom is -0.379 e. The van der Waals surface area contributed by atoms with Gasteiger partial charge in [-0.25, -0.2) is 9.61 Å². The Morgan fingerprint density at radius 1 is 1.16 bits per heavy atom. The Hall–Kier alpha value is -3.05. The first-order valence-corrected chi connectivity index (χ1v) is 11.3. The minimum absolute atomic E-state index is 0.187. The second kappa shape index (κ2) is 8.83. The summed E-state index contributed by atoms with van der Waals surface area (Å²) in [6, 6.07) is 0.187. The number of H-pyrrole nitrogens is 1. The number of nitrogens with one attached hydrogen (secondary N) is 1. The summed E-state index contributed by atoms with van der Waals surface area (Å²) in [5.41, 5.74) is 9.00. The number of piperazine rings is 1. The number of carbonyl (C=O) groups excluding carboxylic acids is 1. The summed E-state index contributed by atoms with van der Waals surface area (Å²) in [7, 11) is 0. The number of nitrogens with zero attached hydrogens (tertiary/aromatic N) is 7. The smallest absolute Gasteiger partial charge is 0.236 e. The van der Waals surface area contributed by atoms with E-state index < -0.39 is 0 Å². The van der Waals surface area contributed by atoms with Crippen LogP contribution in [0.4, 0.5) is 5.82 Å². The maximum atomic E-state index is 12.5. The van der Waals surface area contributed by atoms with E-state index in [-0.39, 0.29) is 17.8 Å². The van der Waals surface area contributed by atoms with Crippen molar-refractivity contribution in [2.45, 2.75) is 32.2 Å². The number of anilines is 1. The lowest BCUT2D eigenvalue weighted by atomic mass is 10.0. The average molecular weight is 440 g/mol. The van der Waals surface area contributed by atoms with E-state index in [0.29, 0.717) is 18.1 Å². The fourth-order valence-corrected chi connectivity index (χ4v) is 4.83. The van der Waals surface area contributed by atoms with Crippen LogP contribution in [0.5, 0.6) is 0 Å². The predicted octanol–water partition coefficient (Wildman–Crippen LogP) is 1.28. The van der Waals surface area contributed by atoms with E-state index in [1.807, 2.05) is 11.1 Å². The fraction of sp³-hybridized carbons (Fsp3) is 0.571. The highest BCUT2D eigenvalue weighted by atomic mass is 16.6. The van der Waals surface area contributed by atoms with Gasteiger partial charge in [-0.05, 0) is 29.6 Å². The molecule has 0 saturated carbocycles. The Morgan fingerprint density at radius 3 is 2.62 bits per heavy atom. The van der Waals surface area contributed by atoms with Crippen molar-refractivity contribution in [3.05, 3.63) is 18.0 Å². The maximum absolute atomic E-state index is 12.5. The molecule has 5 rings (SSSR count). The van der Waals surface area contributed by atoms with Crippen molar-refractivity contribution in [3.63, 3.8) is 0 Å². The van der Waals surface area contributed by atoms with Crippen LogP contribution in [-0.2, 0) is 4.79 Å². The van der Waals surface area contributed by atoms with E-state index in [0.717, 1.165) is 75.1 Å². The van der Waals surface area contributed by atoms with Crippen LogP contribution in [0, 0.1) is 0 Å². The summed E-state index contributed by atoms with van der Waals surface area (Å²) in [5.74, 6) is 0.987. The van der Waals surface area contributed by atoms with Crippen molar-refractivity contribution in [1.82, 2.24) is 40.0 Å². The lowest BCUT2D eigenvalue weighted by Crippen LogP contribution is -2.50. The molecule has 11 heteroatoms. The van der Waals surface area contributed by atoms with Crippen molar-refractivity contribution in [3.8, 4) is 11.5 Å². The molecule has 2 fully saturated rings. The van der Waals surface area contributed by atoms with Crippen molar-refractivity contribution in [1.29, 1.82) is 0 Å².